The van der Waals surface area contributed by atoms with Gasteiger partial charge in [-0.25, -0.2) is 8.42 Å². The molecule has 1 amide bonds. The van der Waals surface area contributed by atoms with Gasteiger partial charge in [0, 0.05) is 45.6 Å². The van der Waals surface area contributed by atoms with Crippen molar-refractivity contribution in [3.8, 4) is 5.75 Å². The molecule has 32 heavy (non-hydrogen) atoms. The van der Waals surface area contributed by atoms with E-state index in [0.717, 1.165) is 41.5 Å². The molecule has 0 aliphatic heterocycles. The van der Waals surface area contributed by atoms with Gasteiger partial charge < -0.3 is 15.2 Å². The van der Waals surface area contributed by atoms with Gasteiger partial charge in [0.05, 0.1) is 19.1 Å². The summed E-state index contributed by atoms with van der Waals surface area (Å²) in [5.74, 6) is -0.706. The third-order valence-corrected chi connectivity index (χ3v) is 7.01. The van der Waals surface area contributed by atoms with Gasteiger partial charge in [-0.1, -0.05) is 12.1 Å². The average Bonchev–Trinajstić information content (AvgIpc) is 3.53. The molecule has 11 heteroatoms. The number of hydrogen-bond acceptors (Lipinski definition) is 5. The molecule has 2 aromatic carbocycles. The fourth-order valence-electron chi connectivity index (χ4n) is 3.22. The molecular formula is C21H23F2IN2O5S. The van der Waals surface area contributed by atoms with Crippen molar-refractivity contribution in [2.75, 3.05) is 23.3 Å². The molecule has 3 N–H and O–H groups in total. The molecule has 0 saturated heterocycles. The van der Waals surface area contributed by atoms with Crippen molar-refractivity contribution in [2.24, 2.45) is 11.8 Å². The summed E-state index contributed by atoms with van der Waals surface area (Å²) in [6.45, 7) is 1.58. The highest BCUT2D eigenvalue weighted by atomic mass is 127. The maximum Gasteiger partial charge on any atom is 0.321 e. The van der Waals surface area contributed by atoms with Crippen LogP contribution in [0, 0.1) is 11.8 Å². The van der Waals surface area contributed by atoms with Crippen LogP contribution in [0.1, 0.15) is 25.3 Å². The van der Waals surface area contributed by atoms with Crippen LogP contribution < -0.4 is 14.8 Å². The number of alkyl halides is 3. The summed E-state index contributed by atoms with van der Waals surface area (Å²) < 4.78 is 57.7. The molecule has 1 atom stereocenters. The zero-order valence-corrected chi connectivity index (χ0v) is 20.1. The molecule has 0 unspecified atom stereocenters. The second kappa shape index (κ2) is 9.87. The van der Waals surface area contributed by atoms with E-state index in [9.17, 15) is 27.1 Å². The normalized spacial score (nSPS) is 15.2. The molecule has 0 radical (unpaired) electrons. The first-order valence-corrected chi connectivity index (χ1v) is 12.5. The molecule has 0 heterocycles. The van der Waals surface area contributed by atoms with Gasteiger partial charge >= 0.3 is 3.93 Å². The number of halogens is 3. The van der Waals surface area contributed by atoms with E-state index in [2.05, 4.69) is 10.0 Å². The largest absolute Gasteiger partial charge is 0.492 e. The predicted octanol–water partition coefficient (Wildman–Crippen LogP) is 4.33. The van der Waals surface area contributed by atoms with Gasteiger partial charge in [-0.3, -0.25) is 9.52 Å². The predicted molar refractivity (Wildman–Crippen MR) is 125 cm³/mol. The lowest BCUT2D eigenvalue weighted by molar-refractivity contribution is -0.121. The number of hydrogen-bond donors (Lipinski definition) is 3. The topological polar surface area (TPSA) is 105 Å². The Morgan fingerprint density at radius 3 is 2.56 bits per heavy atom. The number of carbonyl (C=O) groups is 1. The molecule has 1 aliphatic carbocycles. The molecular weight excluding hydrogens is 557 g/mol. The number of nitrogens with one attached hydrogen (secondary N) is 2. The van der Waals surface area contributed by atoms with Crippen LogP contribution >= 0.6 is 22.6 Å². The summed E-state index contributed by atoms with van der Waals surface area (Å²) in [6.07, 6.45) is 1.77. The van der Waals surface area contributed by atoms with Crippen molar-refractivity contribution in [2.45, 2.75) is 28.6 Å². The van der Waals surface area contributed by atoms with Crippen molar-refractivity contribution in [3.63, 3.8) is 0 Å². The van der Waals surface area contributed by atoms with Crippen molar-refractivity contribution in [3.05, 3.63) is 48.0 Å². The smallest absolute Gasteiger partial charge is 0.321 e. The molecule has 1 fully saturated rings. The lowest BCUT2D eigenvalue weighted by Gasteiger charge is -2.17. The molecule has 0 aromatic heterocycles. The summed E-state index contributed by atoms with van der Waals surface area (Å²) in [5.41, 5.74) is -0.0348. The Labute approximate surface area is 198 Å². The Morgan fingerprint density at radius 2 is 1.97 bits per heavy atom. The van der Waals surface area contributed by atoms with Crippen molar-refractivity contribution < 1.29 is 31.8 Å². The van der Waals surface area contributed by atoms with Crippen molar-refractivity contribution in [1.29, 1.82) is 0 Å². The Morgan fingerprint density at radius 1 is 1.25 bits per heavy atom. The minimum Gasteiger partial charge on any atom is -0.492 e. The Bertz CT molecular complexity index is 1090. The molecule has 3 rings (SSSR count). The summed E-state index contributed by atoms with van der Waals surface area (Å²) in [7, 11) is -4.17. The zero-order valence-electron chi connectivity index (χ0n) is 17.1. The molecule has 7 nitrogen and oxygen atoms in total. The maximum atomic E-state index is 13.6. The van der Waals surface area contributed by atoms with Gasteiger partial charge in [-0.15, -0.1) is 0 Å². The molecule has 1 aliphatic rings. The van der Waals surface area contributed by atoms with Crippen LogP contribution in [0.4, 0.5) is 20.2 Å². The van der Waals surface area contributed by atoms with E-state index < -0.39 is 19.9 Å². The number of amides is 1. The van der Waals surface area contributed by atoms with Crippen molar-refractivity contribution in [1.82, 2.24) is 0 Å². The highest BCUT2D eigenvalue weighted by Gasteiger charge is 2.35. The first kappa shape index (κ1) is 24.6. The maximum absolute atomic E-state index is 13.6. The number of benzene rings is 2. The van der Waals surface area contributed by atoms with Gasteiger partial charge in [0.25, 0.3) is 10.0 Å². The van der Waals surface area contributed by atoms with E-state index in [1.54, 1.807) is 6.92 Å². The highest BCUT2D eigenvalue weighted by Crippen LogP contribution is 2.38. The van der Waals surface area contributed by atoms with Crippen LogP contribution in [0.5, 0.6) is 5.75 Å². The Hall–Kier alpha value is -1.99. The quantitative estimate of drug-likeness (QED) is 0.287. The van der Waals surface area contributed by atoms with Gasteiger partial charge in [0.2, 0.25) is 5.91 Å². The van der Waals surface area contributed by atoms with E-state index in [-0.39, 0.29) is 46.9 Å². The van der Waals surface area contributed by atoms with Crippen LogP contribution in [0.25, 0.3) is 0 Å². The van der Waals surface area contributed by atoms with E-state index >= 15 is 0 Å². The lowest BCUT2D eigenvalue weighted by Crippen LogP contribution is -2.27. The van der Waals surface area contributed by atoms with Gasteiger partial charge in [-0.05, 0) is 49.9 Å². The molecule has 0 spiro atoms. The highest BCUT2D eigenvalue weighted by molar-refractivity contribution is 14.1. The summed E-state index contributed by atoms with van der Waals surface area (Å²) in [5, 5.41) is 12.2. The average molecular weight is 580 g/mol. The number of ether oxygens (including phenoxy) is 1. The van der Waals surface area contributed by atoms with E-state index in [4.69, 9.17) is 4.74 Å². The number of aliphatic hydroxyl groups excluding tert-OH is 1. The number of carbonyl (C=O) groups excluding carboxylic acids is 1. The number of anilines is 2. The summed E-state index contributed by atoms with van der Waals surface area (Å²) >= 11 is 0.972. The number of sulfonamides is 1. The number of rotatable bonds is 10. The summed E-state index contributed by atoms with van der Waals surface area (Å²) in [4.78, 5) is 12.2. The van der Waals surface area contributed by atoms with E-state index in [0.29, 0.717) is 5.69 Å². The summed E-state index contributed by atoms with van der Waals surface area (Å²) in [6, 6.07) is 9.02. The minimum atomic E-state index is -4.17. The fourth-order valence-corrected chi connectivity index (χ4v) is 4.74. The van der Waals surface area contributed by atoms with Gasteiger partial charge in [0.15, 0.2) is 0 Å². The number of aliphatic hydroxyl groups is 1. The molecule has 2 aromatic rings. The first-order chi connectivity index (χ1) is 15.0. The van der Waals surface area contributed by atoms with Gasteiger partial charge in [0.1, 0.15) is 10.6 Å². The first-order valence-electron chi connectivity index (χ1n) is 9.93. The zero-order chi connectivity index (χ0) is 23.5. The third-order valence-electron chi connectivity index (χ3n) is 4.97. The second-order valence-electron chi connectivity index (χ2n) is 7.39. The Kier molecular flexibility index (Phi) is 7.61. The molecule has 1 saturated carbocycles. The van der Waals surface area contributed by atoms with Crippen LogP contribution in [0.2, 0.25) is 0 Å². The minimum absolute atomic E-state index is 0.000136. The molecule has 0 bridgehead atoms. The van der Waals surface area contributed by atoms with Crippen molar-refractivity contribution >= 4 is 49.9 Å². The fraction of sp³-hybridized carbons (Fsp3) is 0.381. The Balaban J connectivity index is 1.85. The monoisotopic (exact) mass is 580 g/mol. The van der Waals surface area contributed by atoms with Crippen LogP contribution in [-0.4, -0.2) is 32.6 Å². The standard InChI is InChI=1S/C21H23F2IN2O5S/c1-2-31-18-11-15(25-20(28)17(12-27)13-6-7-13)8-9-19(18)32(29,30)26-16-5-3-4-14(10-16)21(22,23)24/h3-5,8-11,13,17,26-27H,2,6-7,12H2,1H3,(H,25,28)/t17-/m0/s1. The van der Waals surface area contributed by atoms with Crippen LogP contribution in [-0.2, 0) is 18.7 Å². The SMILES string of the molecule is CCOc1cc(NC(=O)[C@@H](CO)C2CC2)ccc1S(=O)(=O)Nc1cccc(C(F)(F)I)c1. The van der Waals surface area contributed by atoms with Crippen LogP contribution in [0.3, 0.4) is 0 Å². The van der Waals surface area contributed by atoms with E-state index in [1.807, 2.05) is 0 Å². The lowest BCUT2D eigenvalue weighted by atomic mass is 10.0. The second-order valence-corrected chi connectivity index (χ2v) is 10.4. The third kappa shape index (κ3) is 6.07. The van der Waals surface area contributed by atoms with Gasteiger partial charge in [-0.2, -0.15) is 8.78 Å². The van der Waals surface area contributed by atoms with E-state index in [1.165, 1.54) is 36.4 Å². The van der Waals surface area contributed by atoms with Crippen LogP contribution in [0.15, 0.2) is 47.4 Å². The molecule has 174 valence electrons.